The van der Waals surface area contributed by atoms with Gasteiger partial charge in [0.05, 0.1) is 12.1 Å². The first-order valence-electron chi connectivity index (χ1n) is 7.02. The molecule has 6 nitrogen and oxygen atoms in total. The fraction of sp³-hybridized carbons (Fsp3) is 0.467. The van der Waals surface area contributed by atoms with Crippen molar-refractivity contribution in [2.75, 3.05) is 13.7 Å². The summed E-state index contributed by atoms with van der Waals surface area (Å²) >= 11 is 6.12. The number of nitrogens with two attached hydrogens (primary N) is 1. The zero-order valence-electron chi connectivity index (χ0n) is 12.5. The third-order valence-corrected chi connectivity index (χ3v) is 3.82. The first-order chi connectivity index (χ1) is 10.4. The summed E-state index contributed by atoms with van der Waals surface area (Å²) in [5.74, 6) is 0.173. The maximum atomic E-state index is 12.2. The van der Waals surface area contributed by atoms with Crippen molar-refractivity contribution in [2.24, 2.45) is 11.7 Å². The van der Waals surface area contributed by atoms with Gasteiger partial charge in [0.15, 0.2) is 18.1 Å². The Hall–Kier alpha value is -1.95. The third-order valence-electron chi connectivity index (χ3n) is 3.54. The fourth-order valence-corrected chi connectivity index (χ4v) is 2.40. The van der Waals surface area contributed by atoms with Crippen molar-refractivity contribution in [3.63, 3.8) is 0 Å². The van der Waals surface area contributed by atoms with Gasteiger partial charge in [0.1, 0.15) is 0 Å². The van der Waals surface area contributed by atoms with Gasteiger partial charge in [0.25, 0.3) is 11.8 Å². The molecule has 1 aromatic rings. The Bertz CT molecular complexity index is 587. The fourth-order valence-electron chi connectivity index (χ4n) is 2.14. The Morgan fingerprint density at radius 1 is 1.45 bits per heavy atom. The van der Waals surface area contributed by atoms with E-state index in [0.29, 0.717) is 11.5 Å². The van der Waals surface area contributed by atoms with Crippen LogP contribution in [0.5, 0.6) is 11.5 Å². The van der Waals surface area contributed by atoms with E-state index in [2.05, 4.69) is 5.32 Å². The predicted molar refractivity (Wildman–Crippen MR) is 82.3 cm³/mol. The Balaban J connectivity index is 2.16. The summed E-state index contributed by atoms with van der Waals surface area (Å²) in [4.78, 5) is 23.0. The lowest BCUT2D eigenvalue weighted by Gasteiger charge is -2.15. The predicted octanol–water partition coefficient (Wildman–Crippen LogP) is 1.74. The van der Waals surface area contributed by atoms with Crippen molar-refractivity contribution >= 4 is 23.4 Å². The molecule has 120 valence electrons. The summed E-state index contributed by atoms with van der Waals surface area (Å²) in [6.07, 6.45) is 2.29. The largest absolute Gasteiger partial charge is 0.493 e. The van der Waals surface area contributed by atoms with Gasteiger partial charge < -0.3 is 20.5 Å². The van der Waals surface area contributed by atoms with Gasteiger partial charge in [-0.2, -0.15) is 0 Å². The van der Waals surface area contributed by atoms with Gasteiger partial charge in [-0.25, -0.2) is 0 Å². The average molecular weight is 327 g/mol. The minimum atomic E-state index is -0.627. The lowest BCUT2D eigenvalue weighted by atomic mass is 10.1. The third kappa shape index (κ3) is 4.04. The van der Waals surface area contributed by atoms with Crippen molar-refractivity contribution in [1.82, 2.24) is 5.32 Å². The van der Waals surface area contributed by atoms with Gasteiger partial charge in [-0.3, -0.25) is 9.59 Å². The smallest absolute Gasteiger partial charge is 0.255 e. The van der Waals surface area contributed by atoms with Crippen LogP contribution in [0.15, 0.2) is 12.1 Å². The van der Waals surface area contributed by atoms with E-state index in [1.54, 1.807) is 0 Å². The average Bonchev–Trinajstić information content (AvgIpc) is 3.29. The van der Waals surface area contributed by atoms with Crippen LogP contribution in [-0.2, 0) is 4.79 Å². The van der Waals surface area contributed by atoms with Crippen LogP contribution in [0.1, 0.15) is 30.1 Å². The molecule has 1 aliphatic carbocycles. The molecule has 2 amide bonds. The summed E-state index contributed by atoms with van der Waals surface area (Å²) in [5.41, 5.74) is 5.41. The lowest BCUT2D eigenvalue weighted by molar-refractivity contribution is -0.119. The van der Waals surface area contributed by atoms with Crippen molar-refractivity contribution in [2.45, 2.75) is 25.8 Å². The first-order valence-corrected chi connectivity index (χ1v) is 7.39. The van der Waals surface area contributed by atoms with Gasteiger partial charge in [-0.1, -0.05) is 11.6 Å². The van der Waals surface area contributed by atoms with Gasteiger partial charge in [-0.05, 0) is 37.8 Å². The van der Waals surface area contributed by atoms with Crippen molar-refractivity contribution < 1.29 is 19.1 Å². The molecule has 1 saturated carbocycles. The monoisotopic (exact) mass is 326 g/mol. The van der Waals surface area contributed by atoms with E-state index in [0.717, 1.165) is 12.8 Å². The summed E-state index contributed by atoms with van der Waals surface area (Å²) in [7, 11) is 1.43. The lowest BCUT2D eigenvalue weighted by Crippen LogP contribution is -2.34. The molecular formula is C15H19ClN2O4. The normalized spacial score (nSPS) is 15.0. The molecule has 1 atom stereocenters. The molecule has 0 saturated heterocycles. The van der Waals surface area contributed by atoms with Crippen LogP contribution in [-0.4, -0.2) is 31.6 Å². The number of halogens is 1. The second kappa shape index (κ2) is 6.87. The molecule has 3 N–H and O–H groups in total. The van der Waals surface area contributed by atoms with Crippen LogP contribution >= 0.6 is 11.6 Å². The van der Waals surface area contributed by atoms with Crippen molar-refractivity contribution in [3.05, 3.63) is 22.7 Å². The molecule has 0 radical (unpaired) electrons. The van der Waals surface area contributed by atoms with Crippen molar-refractivity contribution in [3.8, 4) is 11.5 Å². The summed E-state index contributed by atoms with van der Waals surface area (Å²) < 4.78 is 10.4. The Morgan fingerprint density at radius 3 is 2.68 bits per heavy atom. The number of rotatable bonds is 7. The standard InChI is InChI=1S/C15H19ClN2O4/c1-8(9-3-4-9)18-15(20)10-5-11(16)14(12(6-10)21-2)22-7-13(17)19/h5-6,8-9H,3-4,7H2,1-2H3,(H2,17,19)(H,18,20). The number of hydrogen-bond acceptors (Lipinski definition) is 4. The Morgan fingerprint density at radius 2 is 2.14 bits per heavy atom. The maximum absolute atomic E-state index is 12.2. The van der Waals surface area contributed by atoms with Crippen LogP contribution < -0.4 is 20.5 Å². The van der Waals surface area contributed by atoms with Gasteiger partial charge in [0.2, 0.25) is 0 Å². The van der Waals surface area contributed by atoms with E-state index in [9.17, 15) is 9.59 Å². The van der Waals surface area contributed by atoms with Gasteiger partial charge >= 0.3 is 0 Å². The SMILES string of the molecule is COc1cc(C(=O)NC(C)C2CC2)cc(Cl)c1OCC(N)=O. The number of amides is 2. The molecule has 1 aromatic carbocycles. The summed E-state index contributed by atoms with van der Waals surface area (Å²) in [6.45, 7) is 1.67. The van der Waals surface area contributed by atoms with E-state index in [1.807, 2.05) is 6.92 Å². The number of carbonyl (C=O) groups is 2. The molecule has 1 aliphatic rings. The zero-order chi connectivity index (χ0) is 16.3. The number of nitrogens with one attached hydrogen (secondary N) is 1. The van der Waals surface area contributed by atoms with Crippen LogP contribution in [0.4, 0.5) is 0 Å². The number of carbonyl (C=O) groups excluding carboxylic acids is 2. The molecule has 0 spiro atoms. The molecule has 0 heterocycles. The Kier molecular flexibility index (Phi) is 5.13. The van der Waals surface area contributed by atoms with Crippen LogP contribution in [0.25, 0.3) is 0 Å². The molecule has 22 heavy (non-hydrogen) atoms. The van der Waals surface area contributed by atoms with Crippen LogP contribution in [0.2, 0.25) is 5.02 Å². The molecule has 1 fully saturated rings. The van der Waals surface area contributed by atoms with E-state index in [-0.39, 0.29) is 35.1 Å². The number of hydrogen-bond donors (Lipinski definition) is 2. The van der Waals surface area contributed by atoms with Crippen LogP contribution in [0.3, 0.4) is 0 Å². The quantitative estimate of drug-likeness (QED) is 0.798. The Labute approximate surface area is 133 Å². The van der Waals surface area contributed by atoms with Crippen LogP contribution in [0, 0.1) is 5.92 Å². The molecule has 2 rings (SSSR count). The maximum Gasteiger partial charge on any atom is 0.255 e. The number of ether oxygens (including phenoxy) is 2. The minimum Gasteiger partial charge on any atom is -0.493 e. The minimum absolute atomic E-state index is 0.128. The topological polar surface area (TPSA) is 90.7 Å². The van der Waals surface area contributed by atoms with Gasteiger partial charge in [0, 0.05) is 11.6 Å². The second-order valence-electron chi connectivity index (χ2n) is 5.34. The molecule has 0 aliphatic heterocycles. The molecule has 1 unspecified atom stereocenters. The van der Waals surface area contributed by atoms with E-state index in [1.165, 1.54) is 19.2 Å². The molecule has 0 aromatic heterocycles. The molecule has 7 heteroatoms. The van der Waals surface area contributed by atoms with E-state index < -0.39 is 5.91 Å². The van der Waals surface area contributed by atoms with Gasteiger partial charge in [-0.15, -0.1) is 0 Å². The molecular weight excluding hydrogens is 308 g/mol. The van der Waals surface area contributed by atoms with E-state index >= 15 is 0 Å². The number of methoxy groups -OCH3 is 1. The first kappa shape index (κ1) is 16.4. The number of benzene rings is 1. The highest BCUT2D eigenvalue weighted by Crippen LogP contribution is 2.37. The number of primary amides is 1. The van der Waals surface area contributed by atoms with E-state index in [4.69, 9.17) is 26.8 Å². The summed E-state index contributed by atoms with van der Waals surface area (Å²) in [5, 5.41) is 3.12. The molecule has 0 bridgehead atoms. The highest BCUT2D eigenvalue weighted by molar-refractivity contribution is 6.32. The highest BCUT2D eigenvalue weighted by Gasteiger charge is 2.29. The van der Waals surface area contributed by atoms with Crippen molar-refractivity contribution in [1.29, 1.82) is 0 Å². The highest BCUT2D eigenvalue weighted by atomic mass is 35.5. The second-order valence-corrected chi connectivity index (χ2v) is 5.75. The summed E-state index contributed by atoms with van der Waals surface area (Å²) in [6, 6.07) is 3.13. The zero-order valence-corrected chi connectivity index (χ0v) is 13.3.